The van der Waals surface area contributed by atoms with Crippen molar-refractivity contribution < 1.29 is 14.3 Å². The zero-order chi connectivity index (χ0) is 19.2. The number of esters is 1. The maximum atomic E-state index is 12.2. The summed E-state index contributed by atoms with van der Waals surface area (Å²) in [4.78, 5) is 31.3. The lowest BCUT2D eigenvalue weighted by Crippen LogP contribution is -2.31. The maximum absolute atomic E-state index is 12.2. The predicted octanol–water partition coefficient (Wildman–Crippen LogP) is 4.38. The minimum atomic E-state index is -0.458. The first-order chi connectivity index (χ1) is 13.0. The van der Waals surface area contributed by atoms with Crippen molar-refractivity contribution >= 4 is 50.5 Å². The molecule has 3 rings (SSSR count). The van der Waals surface area contributed by atoms with Gasteiger partial charge in [-0.25, -0.2) is 4.98 Å². The van der Waals surface area contributed by atoms with Crippen molar-refractivity contribution in [1.82, 2.24) is 9.88 Å². The molecule has 140 valence electrons. The summed E-state index contributed by atoms with van der Waals surface area (Å²) in [5.41, 5.74) is 1.64. The Bertz CT molecular complexity index is 925. The van der Waals surface area contributed by atoms with E-state index in [1.165, 1.54) is 16.2 Å². The highest BCUT2D eigenvalue weighted by Crippen LogP contribution is 2.27. The smallest absolute Gasteiger partial charge is 0.312 e. The summed E-state index contributed by atoms with van der Waals surface area (Å²) in [6, 6.07) is 11.6. The number of benzene rings is 1. The molecule has 1 amide bonds. The fraction of sp³-hybridized carbons (Fsp3) is 0.211. The molecule has 0 unspecified atom stereocenters. The molecule has 0 atom stereocenters. The predicted molar refractivity (Wildman–Crippen MR) is 111 cm³/mol. The number of hydrogen-bond donors (Lipinski definition) is 0. The van der Waals surface area contributed by atoms with E-state index in [-0.39, 0.29) is 18.9 Å². The van der Waals surface area contributed by atoms with Crippen LogP contribution in [-0.2, 0) is 27.3 Å². The number of thiazole rings is 1. The molecule has 2 aromatic heterocycles. The molecule has 3 aromatic rings. The molecular formula is C19H17BrN2O3S2. The average molecular weight is 465 g/mol. The Morgan fingerprint density at radius 2 is 2.00 bits per heavy atom. The standard InChI is InChI=1S/C19H17BrN2O3S2/c1-22(10-13-5-2-3-6-15(13)20)17(23)11-25-18(24)9-14-12-27-19(21-14)16-7-4-8-26-16/h2-8,12H,9-11H2,1H3. The van der Waals surface area contributed by atoms with Gasteiger partial charge in [0.1, 0.15) is 5.01 Å². The van der Waals surface area contributed by atoms with E-state index in [2.05, 4.69) is 20.9 Å². The second-order valence-corrected chi connectivity index (χ2v) is 8.46. The zero-order valence-electron chi connectivity index (χ0n) is 14.6. The van der Waals surface area contributed by atoms with Gasteiger partial charge in [0.2, 0.25) is 0 Å². The van der Waals surface area contributed by atoms with Crippen molar-refractivity contribution in [2.24, 2.45) is 0 Å². The summed E-state index contributed by atoms with van der Waals surface area (Å²) in [6.07, 6.45) is 0.0586. The summed E-state index contributed by atoms with van der Waals surface area (Å²) in [7, 11) is 1.68. The number of ether oxygens (including phenoxy) is 1. The van der Waals surface area contributed by atoms with Crippen LogP contribution >= 0.6 is 38.6 Å². The third-order valence-corrected chi connectivity index (χ3v) is 6.46. The lowest BCUT2D eigenvalue weighted by molar-refractivity contribution is -0.151. The molecule has 0 spiro atoms. The van der Waals surface area contributed by atoms with E-state index in [4.69, 9.17) is 4.74 Å². The summed E-state index contributed by atoms with van der Waals surface area (Å²) in [5, 5.41) is 4.72. The molecule has 0 aliphatic carbocycles. The summed E-state index contributed by atoms with van der Waals surface area (Å²) < 4.78 is 6.06. The number of aromatic nitrogens is 1. The second-order valence-electron chi connectivity index (χ2n) is 5.80. The highest BCUT2D eigenvalue weighted by molar-refractivity contribution is 9.10. The zero-order valence-corrected chi connectivity index (χ0v) is 17.8. The molecule has 8 heteroatoms. The lowest BCUT2D eigenvalue weighted by atomic mass is 10.2. The van der Waals surface area contributed by atoms with Gasteiger partial charge in [-0.2, -0.15) is 0 Å². The minimum Gasteiger partial charge on any atom is -0.455 e. The van der Waals surface area contributed by atoms with E-state index in [0.29, 0.717) is 12.2 Å². The quantitative estimate of drug-likeness (QED) is 0.486. The summed E-state index contributed by atoms with van der Waals surface area (Å²) in [5.74, 6) is -0.711. The van der Waals surface area contributed by atoms with Crippen molar-refractivity contribution in [2.45, 2.75) is 13.0 Å². The largest absolute Gasteiger partial charge is 0.455 e. The van der Waals surface area contributed by atoms with E-state index in [1.807, 2.05) is 47.2 Å². The van der Waals surface area contributed by atoms with Crippen LogP contribution in [-0.4, -0.2) is 35.4 Å². The average Bonchev–Trinajstić information content (AvgIpc) is 3.33. The molecule has 0 aliphatic rings. The highest BCUT2D eigenvalue weighted by Gasteiger charge is 2.15. The van der Waals surface area contributed by atoms with Gasteiger partial charge in [-0.15, -0.1) is 22.7 Å². The van der Waals surface area contributed by atoms with Gasteiger partial charge in [0.25, 0.3) is 5.91 Å². The third-order valence-electron chi connectivity index (χ3n) is 3.76. The molecule has 27 heavy (non-hydrogen) atoms. The summed E-state index contributed by atoms with van der Waals surface area (Å²) >= 11 is 6.56. The Labute approximate surface area is 173 Å². The van der Waals surface area contributed by atoms with Gasteiger partial charge in [-0.3, -0.25) is 9.59 Å². The van der Waals surface area contributed by atoms with Gasteiger partial charge in [-0.1, -0.05) is 40.2 Å². The van der Waals surface area contributed by atoms with Gasteiger partial charge in [0.05, 0.1) is 17.0 Å². The van der Waals surface area contributed by atoms with Crippen molar-refractivity contribution in [1.29, 1.82) is 0 Å². The second kappa shape index (κ2) is 9.25. The minimum absolute atomic E-state index is 0.0586. The van der Waals surface area contributed by atoms with Crippen LogP contribution in [0, 0.1) is 0 Å². The van der Waals surface area contributed by atoms with Gasteiger partial charge in [-0.05, 0) is 23.1 Å². The van der Waals surface area contributed by atoms with Gasteiger partial charge in [0.15, 0.2) is 6.61 Å². The molecule has 0 aliphatic heterocycles. The van der Waals surface area contributed by atoms with Gasteiger partial charge < -0.3 is 9.64 Å². The van der Waals surface area contributed by atoms with Crippen LogP contribution in [0.5, 0.6) is 0 Å². The molecule has 0 fully saturated rings. The molecule has 0 radical (unpaired) electrons. The Kier molecular flexibility index (Phi) is 6.76. The number of halogens is 1. The van der Waals surface area contributed by atoms with E-state index in [0.717, 1.165) is 19.9 Å². The number of likely N-dealkylation sites (N-methyl/N-ethyl adjacent to an activating group) is 1. The lowest BCUT2D eigenvalue weighted by Gasteiger charge is -2.18. The van der Waals surface area contributed by atoms with E-state index in [1.54, 1.807) is 18.4 Å². The maximum Gasteiger partial charge on any atom is 0.312 e. The third kappa shape index (κ3) is 5.47. The Balaban J connectivity index is 1.47. The van der Waals surface area contributed by atoms with E-state index in [9.17, 15) is 9.59 Å². The van der Waals surface area contributed by atoms with Crippen molar-refractivity contribution in [3.63, 3.8) is 0 Å². The van der Waals surface area contributed by atoms with Gasteiger partial charge >= 0.3 is 5.97 Å². The first kappa shape index (κ1) is 19.7. The van der Waals surface area contributed by atoms with Crippen molar-refractivity contribution in [3.8, 4) is 9.88 Å². The molecule has 2 heterocycles. The van der Waals surface area contributed by atoms with Crippen LogP contribution in [0.25, 0.3) is 9.88 Å². The number of carbonyl (C=O) groups is 2. The normalized spacial score (nSPS) is 10.6. The van der Waals surface area contributed by atoms with Crippen LogP contribution in [0.15, 0.2) is 51.6 Å². The number of amides is 1. The fourth-order valence-electron chi connectivity index (χ4n) is 2.32. The van der Waals surface area contributed by atoms with Crippen LogP contribution in [0.2, 0.25) is 0 Å². The SMILES string of the molecule is CN(Cc1ccccc1Br)C(=O)COC(=O)Cc1csc(-c2cccs2)n1. The molecule has 0 saturated heterocycles. The Hall–Kier alpha value is -2.03. The number of nitrogens with zero attached hydrogens (tertiary/aromatic N) is 2. The Morgan fingerprint density at radius 1 is 1.19 bits per heavy atom. The molecular weight excluding hydrogens is 448 g/mol. The fourth-order valence-corrected chi connectivity index (χ4v) is 4.37. The topological polar surface area (TPSA) is 59.5 Å². The summed E-state index contributed by atoms with van der Waals surface area (Å²) in [6.45, 7) is 0.162. The first-order valence-electron chi connectivity index (χ1n) is 8.14. The molecule has 0 saturated carbocycles. The number of carbonyl (C=O) groups excluding carboxylic acids is 2. The van der Waals surface area contributed by atoms with Crippen molar-refractivity contribution in [3.05, 3.63) is 62.9 Å². The van der Waals surface area contributed by atoms with Crippen LogP contribution in [0.3, 0.4) is 0 Å². The Morgan fingerprint density at radius 3 is 2.74 bits per heavy atom. The molecule has 5 nitrogen and oxygen atoms in total. The molecule has 1 aromatic carbocycles. The van der Waals surface area contributed by atoms with Crippen LogP contribution in [0.1, 0.15) is 11.3 Å². The first-order valence-corrected chi connectivity index (χ1v) is 10.7. The van der Waals surface area contributed by atoms with E-state index >= 15 is 0 Å². The van der Waals surface area contributed by atoms with Gasteiger partial charge in [0, 0.05) is 23.4 Å². The number of rotatable bonds is 7. The molecule has 0 bridgehead atoms. The monoisotopic (exact) mass is 464 g/mol. The van der Waals surface area contributed by atoms with E-state index < -0.39 is 5.97 Å². The number of thiophene rings is 1. The van der Waals surface area contributed by atoms with Crippen molar-refractivity contribution in [2.75, 3.05) is 13.7 Å². The van der Waals surface area contributed by atoms with Crippen LogP contribution in [0.4, 0.5) is 0 Å². The highest BCUT2D eigenvalue weighted by atomic mass is 79.9. The number of hydrogen-bond acceptors (Lipinski definition) is 6. The van der Waals surface area contributed by atoms with Crippen LogP contribution < -0.4 is 0 Å². The molecule has 0 N–H and O–H groups in total.